The van der Waals surface area contributed by atoms with Gasteiger partial charge in [0, 0.05) is 29.2 Å². The zero-order valence-corrected chi connectivity index (χ0v) is 21.4. The number of fused-ring (bicyclic) bond motifs is 1. The standard InChI is InChI=1S/C26H16Cl3N3O3S/c27-19-8-6-16(11-18(19)25(34)35)30-26-31-24(33)23(36-26)10-15-13-32(22-4-2-1-3-17(15)22)12-14-5-7-20(28)21(29)9-14/h1-11,13H,12H2,(H,34,35)(H,30,31,33)/b23-10-. The van der Waals surface area contributed by atoms with Crippen molar-refractivity contribution in [3.63, 3.8) is 0 Å². The number of carboxylic acid groups (broad SMARTS) is 1. The third kappa shape index (κ3) is 5.01. The molecule has 36 heavy (non-hydrogen) atoms. The van der Waals surface area contributed by atoms with Crippen LogP contribution in [-0.2, 0) is 11.3 Å². The van der Waals surface area contributed by atoms with Crippen LogP contribution in [-0.4, -0.2) is 26.7 Å². The quantitative estimate of drug-likeness (QED) is 0.254. The SMILES string of the molecule is O=C1NC(=Nc2ccc(Cl)c(C(=O)O)c2)S/C1=C\c1cn(Cc2ccc(Cl)c(Cl)c2)c2ccccc12. The van der Waals surface area contributed by atoms with Gasteiger partial charge in [-0.2, -0.15) is 0 Å². The number of benzene rings is 3. The van der Waals surface area contributed by atoms with E-state index in [9.17, 15) is 14.7 Å². The van der Waals surface area contributed by atoms with Gasteiger partial charge in [0.25, 0.3) is 5.91 Å². The monoisotopic (exact) mass is 555 g/mol. The Morgan fingerprint density at radius 2 is 1.81 bits per heavy atom. The van der Waals surface area contributed by atoms with E-state index in [4.69, 9.17) is 34.8 Å². The number of nitrogens with zero attached hydrogens (tertiary/aromatic N) is 2. The van der Waals surface area contributed by atoms with E-state index in [1.165, 1.54) is 23.9 Å². The van der Waals surface area contributed by atoms with E-state index in [1.54, 1.807) is 12.1 Å². The van der Waals surface area contributed by atoms with Crippen molar-refractivity contribution in [1.29, 1.82) is 0 Å². The summed E-state index contributed by atoms with van der Waals surface area (Å²) in [6.45, 7) is 0.578. The molecule has 5 rings (SSSR count). The predicted molar refractivity (Wildman–Crippen MR) is 147 cm³/mol. The Morgan fingerprint density at radius 1 is 1.03 bits per heavy atom. The van der Waals surface area contributed by atoms with E-state index in [0.29, 0.717) is 32.4 Å². The second kappa shape index (κ2) is 10.0. The van der Waals surface area contributed by atoms with Gasteiger partial charge in [0.15, 0.2) is 5.17 Å². The molecule has 0 saturated carbocycles. The molecule has 3 aromatic carbocycles. The third-order valence-corrected chi connectivity index (χ3v) is 7.48. The van der Waals surface area contributed by atoms with Crippen molar-refractivity contribution >= 4 is 86.3 Å². The van der Waals surface area contributed by atoms with E-state index in [2.05, 4.69) is 14.9 Å². The van der Waals surface area contributed by atoms with Crippen molar-refractivity contribution in [3.05, 3.63) is 104 Å². The number of aliphatic imine (C=N–C) groups is 1. The minimum atomic E-state index is -1.15. The predicted octanol–water partition coefficient (Wildman–Crippen LogP) is 7.24. The summed E-state index contributed by atoms with van der Waals surface area (Å²) in [6.07, 6.45) is 3.81. The number of halogens is 3. The highest BCUT2D eigenvalue weighted by Crippen LogP contribution is 2.32. The molecule has 1 aliphatic heterocycles. The summed E-state index contributed by atoms with van der Waals surface area (Å²) in [4.78, 5) is 28.9. The molecule has 10 heteroatoms. The molecule has 6 nitrogen and oxygen atoms in total. The molecule has 1 fully saturated rings. The number of hydrogen-bond donors (Lipinski definition) is 2. The molecule has 2 N–H and O–H groups in total. The summed E-state index contributed by atoms with van der Waals surface area (Å²) in [5.41, 5.74) is 3.20. The summed E-state index contributed by atoms with van der Waals surface area (Å²) < 4.78 is 2.09. The fourth-order valence-corrected chi connectivity index (χ4v) is 5.19. The molecule has 0 unspecified atom stereocenters. The minimum absolute atomic E-state index is 0.0570. The first kappa shape index (κ1) is 24.5. The summed E-state index contributed by atoms with van der Waals surface area (Å²) >= 11 is 19.4. The van der Waals surface area contributed by atoms with Crippen LogP contribution in [0.3, 0.4) is 0 Å². The first-order valence-electron chi connectivity index (χ1n) is 10.6. The van der Waals surface area contributed by atoms with Gasteiger partial charge in [0.1, 0.15) is 0 Å². The van der Waals surface area contributed by atoms with Gasteiger partial charge in [-0.3, -0.25) is 4.79 Å². The highest BCUT2D eigenvalue weighted by atomic mass is 35.5. The number of nitrogens with one attached hydrogen (secondary N) is 1. The lowest BCUT2D eigenvalue weighted by atomic mass is 10.1. The van der Waals surface area contributed by atoms with Gasteiger partial charge in [-0.25, -0.2) is 9.79 Å². The van der Waals surface area contributed by atoms with Crippen molar-refractivity contribution in [1.82, 2.24) is 9.88 Å². The van der Waals surface area contributed by atoms with E-state index in [0.717, 1.165) is 22.0 Å². The van der Waals surface area contributed by atoms with Crippen molar-refractivity contribution in [2.75, 3.05) is 0 Å². The summed E-state index contributed by atoms with van der Waals surface area (Å²) in [5.74, 6) is -1.43. The molecule has 0 radical (unpaired) electrons. The number of hydrogen-bond acceptors (Lipinski definition) is 4. The number of aromatic nitrogens is 1. The Morgan fingerprint density at radius 3 is 2.58 bits per heavy atom. The Hall–Kier alpha value is -3.23. The number of amidine groups is 1. The molecule has 1 aliphatic rings. The molecule has 0 atom stereocenters. The topological polar surface area (TPSA) is 83.7 Å². The van der Waals surface area contributed by atoms with Gasteiger partial charge in [-0.1, -0.05) is 59.1 Å². The molecule has 0 bridgehead atoms. The lowest BCUT2D eigenvalue weighted by Gasteiger charge is -2.06. The Kier molecular flexibility index (Phi) is 6.81. The maximum absolute atomic E-state index is 12.7. The van der Waals surface area contributed by atoms with Gasteiger partial charge < -0.3 is 15.0 Å². The maximum atomic E-state index is 12.7. The van der Waals surface area contributed by atoms with Gasteiger partial charge in [0.2, 0.25) is 0 Å². The molecule has 0 spiro atoms. The molecule has 180 valence electrons. The maximum Gasteiger partial charge on any atom is 0.337 e. The number of aromatic carboxylic acids is 1. The summed E-state index contributed by atoms with van der Waals surface area (Å²) in [7, 11) is 0. The summed E-state index contributed by atoms with van der Waals surface area (Å²) in [6, 6.07) is 17.9. The van der Waals surface area contributed by atoms with Crippen LogP contribution in [0.15, 0.2) is 76.8 Å². The Bertz CT molecular complexity index is 1610. The van der Waals surface area contributed by atoms with Crippen LogP contribution < -0.4 is 5.32 Å². The van der Waals surface area contributed by atoms with Crippen LogP contribution in [0.4, 0.5) is 5.69 Å². The van der Waals surface area contributed by atoms with E-state index < -0.39 is 5.97 Å². The molecular formula is C26H16Cl3N3O3S. The number of rotatable bonds is 5. The zero-order chi connectivity index (χ0) is 25.4. The second-order valence-corrected chi connectivity index (χ2v) is 10.2. The van der Waals surface area contributed by atoms with Crippen LogP contribution in [0.5, 0.6) is 0 Å². The first-order chi connectivity index (χ1) is 17.3. The lowest BCUT2D eigenvalue weighted by molar-refractivity contribution is -0.115. The van der Waals surface area contributed by atoms with Crippen LogP contribution in [0.2, 0.25) is 15.1 Å². The van der Waals surface area contributed by atoms with Crippen molar-refractivity contribution in [2.45, 2.75) is 6.54 Å². The minimum Gasteiger partial charge on any atom is -0.478 e. The summed E-state index contributed by atoms with van der Waals surface area (Å²) in [5, 5.41) is 14.5. The smallest absolute Gasteiger partial charge is 0.337 e. The van der Waals surface area contributed by atoms with Gasteiger partial charge >= 0.3 is 5.97 Å². The first-order valence-corrected chi connectivity index (χ1v) is 12.6. The third-order valence-electron chi connectivity index (χ3n) is 5.50. The van der Waals surface area contributed by atoms with E-state index in [-0.39, 0.29) is 16.5 Å². The number of carbonyl (C=O) groups excluding carboxylic acids is 1. The number of para-hydroxylation sites is 1. The highest BCUT2D eigenvalue weighted by Gasteiger charge is 2.25. The van der Waals surface area contributed by atoms with Crippen LogP contribution in [0, 0.1) is 0 Å². The fourth-order valence-electron chi connectivity index (χ4n) is 3.84. The average molecular weight is 557 g/mol. The molecular weight excluding hydrogens is 541 g/mol. The van der Waals surface area contributed by atoms with Gasteiger partial charge in [-0.05, 0) is 59.8 Å². The molecule has 2 heterocycles. The average Bonchev–Trinajstić information content (AvgIpc) is 3.37. The Labute approximate surface area is 225 Å². The fraction of sp³-hybridized carbons (Fsp3) is 0.0385. The van der Waals surface area contributed by atoms with Crippen LogP contribution >= 0.6 is 46.6 Å². The molecule has 4 aromatic rings. The number of thioether (sulfide) groups is 1. The number of amides is 1. The normalized spacial score (nSPS) is 15.7. The van der Waals surface area contributed by atoms with Gasteiger partial charge in [-0.15, -0.1) is 0 Å². The van der Waals surface area contributed by atoms with E-state index >= 15 is 0 Å². The zero-order valence-electron chi connectivity index (χ0n) is 18.3. The molecule has 1 aromatic heterocycles. The number of carboxylic acids is 1. The van der Waals surface area contributed by atoms with Crippen LogP contribution in [0.25, 0.3) is 17.0 Å². The molecule has 1 saturated heterocycles. The van der Waals surface area contributed by atoms with Gasteiger partial charge in [0.05, 0.1) is 31.2 Å². The van der Waals surface area contributed by atoms with Crippen molar-refractivity contribution in [3.8, 4) is 0 Å². The van der Waals surface area contributed by atoms with Crippen LogP contribution in [0.1, 0.15) is 21.5 Å². The largest absolute Gasteiger partial charge is 0.478 e. The van der Waals surface area contributed by atoms with E-state index in [1.807, 2.05) is 48.7 Å². The Balaban J connectivity index is 1.46. The van der Waals surface area contributed by atoms with Crippen molar-refractivity contribution < 1.29 is 14.7 Å². The molecule has 0 aliphatic carbocycles. The number of carbonyl (C=O) groups is 2. The lowest BCUT2D eigenvalue weighted by Crippen LogP contribution is -2.19. The second-order valence-electron chi connectivity index (χ2n) is 7.93. The highest BCUT2D eigenvalue weighted by molar-refractivity contribution is 8.18. The van der Waals surface area contributed by atoms with Crippen molar-refractivity contribution in [2.24, 2.45) is 4.99 Å². The molecule has 1 amide bonds.